The van der Waals surface area contributed by atoms with Crippen LogP contribution in [0.1, 0.15) is 104 Å². The van der Waals surface area contributed by atoms with Crippen LogP contribution in [0.4, 0.5) is 0 Å². The molecule has 180 valence electrons. The van der Waals surface area contributed by atoms with Gasteiger partial charge in [0.25, 0.3) is 0 Å². The molecule has 0 aromatic rings. The fraction of sp³-hybridized carbons (Fsp3) is 0.826. The number of carboxylic acid groups (broad SMARTS) is 2. The fourth-order valence-electron chi connectivity index (χ4n) is 3.13. The molecule has 0 atom stereocenters. The summed E-state index contributed by atoms with van der Waals surface area (Å²) in [4.78, 5) is 46.7. The second-order valence-electron chi connectivity index (χ2n) is 8.13. The van der Waals surface area contributed by atoms with Crippen LogP contribution < -0.4 is 0 Å². The highest BCUT2D eigenvalue weighted by Crippen LogP contribution is 2.28. The van der Waals surface area contributed by atoms with Crippen molar-refractivity contribution in [3.8, 4) is 0 Å². The molecule has 0 aliphatic carbocycles. The molecule has 0 aliphatic heterocycles. The van der Waals surface area contributed by atoms with Gasteiger partial charge in [-0.2, -0.15) is 0 Å². The average Bonchev–Trinajstić information content (AvgIpc) is 2.72. The van der Waals surface area contributed by atoms with Gasteiger partial charge in [0, 0.05) is 19.3 Å². The molecule has 0 fully saturated rings. The first-order valence-corrected chi connectivity index (χ1v) is 11.5. The Morgan fingerprint density at radius 3 is 1.52 bits per heavy atom. The number of hydrogen-bond donors (Lipinski definition) is 2. The highest BCUT2D eigenvalue weighted by Gasteiger charge is 2.41. The zero-order valence-electron chi connectivity index (χ0n) is 19.2. The minimum atomic E-state index is -1.49. The largest absolute Gasteiger partial charge is 0.481 e. The van der Waals surface area contributed by atoms with E-state index in [2.05, 4.69) is 0 Å². The van der Waals surface area contributed by atoms with E-state index < -0.39 is 29.3 Å². The van der Waals surface area contributed by atoms with E-state index >= 15 is 0 Å². The molecule has 0 aliphatic rings. The van der Waals surface area contributed by atoms with E-state index in [0.717, 1.165) is 25.7 Å². The molecule has 0 bridgehead atoms. The quantitative estimate of drug-likeness (QED) is 0.204. The smallest absolute Gasteiger partial charge is 0.316 e. The summed E-state index contributed by atoms with van der Waals surface area (Å²) >= 11 is 0. The molecule has 0 saturated heterocycles. The standard InChI is InChI=1S/C23H40O8/c1-3-5-9-14-20(26)30-17-23(22(28)29,16-12-8-7-11-13-19(24)25)18-31-21(27)15-10-6-4-2/h3-18H2,1-2H3,(H,24,25)(H,28,29). The van der Waals surface area contributed by atoms with Crippen LogP contribution >= 0.6 is 0 Å². The van der Waals surface area contributed by atoms with Gasteiger partial charge in [-0.25, -0.2) is 0 Å². The molecule has 0 spiro atoms. The predicted octanol–water partition coefficient (Wildman–Crippen LogP) is 4.73. The summed E-state index contributed by atoms with van der Waals surface area (Å²) in [6, 6.07) is 0. The first-order valence-electron chi connectivity index (χ1n) is 11.5. The number of hydrogen-bond acceptors (Lipinski definition) is 6. The van der Waals surface area contributed by atoms with Gasteiger partial charge in [-0.15, -0.1) is 0 Å². The lowest BCUT2D eigenvalue weighted by molar-refractivity contribution is -0.168. The van der Waals surface area contributed by atoms with Crippen molar-refractivity contribution in [1.29, 1.82) is 0 Å². The first-order chi connectivity index (χ1) is 14.8. The molecule has 8 nitrogen and oxygen atoms in total. The maximum absolute atomic E-state index is 12.1. The van der Waals surface area contributed by atoms with Gasteiger partial charge in [-0.05, 0) is 25.7 Å². The molecule has 0 heterocycles. The van der Waals surface area contributed by atoms with Crippen molar-refractivity contribution in [3.05, 3.63) is 0 Å². The van der Waals surface area contributed by atoms with Crippen LogP contribution in [0.3, 0.4) is 0 Å². The number of esters is 2. The number of carbonyl (C=O) groups excluding carboxylic acids is 2. The lowest BCUT2D eigenvalue weighted by atomic mass is 9.84. The lowest BCUT2D eigenvalue weighted by Gasteiger charge is -2.28. The molecule has 0 aromatic carbocycles. The van der Waals surface area contributed by atoms with Crippen LogP contribution in [0, 0.1) is 5.41 Å². The summed E-state index contributed by atoms with van der Waals surface area (Å²) in [5.74, 6) is -2.92. The molecule has 31 heavy (non-hydrogen) atoms. The highest BCUT2D eigenvalue weighted by molar-refractivity contribution is 5.77. The zero-order valence-corrected chi connectivity index (χ0v) is 19.2. The van der Waals surface area contributed by atoms with Gasteiger partial charge >= 0.3 is 23.9 Å². The molecule has 0 radical (unpaired) electrons. The normalized spacial score (nSPS) is 11.2. The average molecular weight is 445 g/mol. The Morgan fingerprint density at radius 1 is 0.645 bits per heavy atom. The summed E-state index contributed by atoms with van der Waals surface area (Å²) in [7, 11) is 0. The number of unbranched alkanes of at least 4 members (excludes halogenated alkanes) is 7. The second kappa shape index (κ2) is 17.5. The van der Waals surface area contributed by atoms with E-state index in [1.165, 1.54) is 0 Å². The summed E-state index contributed by atoms with van der Waals surface area (Å²) in [6.45, 7) is 3.35. The molecule has 0 unspecified atom stereocenters. The SMILES string of the molecule is CCCCCC(=O)OCC(CCCCCCC(=O)O)(COC(=O)CCCCC)C(=O)O. The van der Waals surface area contributed by atoms with Gasteiger partial charge in [0.05, 0.1) is 0 Å². The first kappa shape index (κ1) is 28.9. The van der Waals surface area contributed by atoms with Gasteiger partial charge in [0.15, 0.2) is 0 Å². The number of rotatable bonds is 20. The minimum Gasteiger partial charge on any atom is -0.481 e. The van der Waals surface area contributed by atoms with Crippen LogP contribution in [0.5, 0.6) is 0 Å². The molecular weight excluding hydrogens is 404 g/mol. The van der Waals surface area contributed by atoms with Gasteiger partial charge in [-0.3, -0.25) is 19.2 Å². The third-order valence-corrected chi connectivity index (χ3v) is 5.24. The van der Waals surface area contributed by atoms with Crippen molar-refractivity contribution in [2.45, 2.75) is 104 Å². The molecule has 0 amide bonds. The van der Waals surface area contributed by atoms with E-state index in [0.29, 0.717) is 38.5 Å². The van der Waals surface area contributed by atoms with Gasteiger partial charge in [-0.1, -0.05) is 58.8 Å². The Morgan fingerprint density at radius 2 is 1.10 bits per heavy atom. The molecule has 2 N–H and O–H groups in total. The summed E-state index contributed by atoms with van der Waals surface area (Å²) < 4.78 is 10.5. The maximum Gasteiger partial charge on any atom is 0.316 e. The molecule has 0 saturated carbocycles. The number of ether oxygens (including phenoxy) is 2. The van der Waals surface area contributed by atoms with Crippen LogP contribution in [-0.2, 0) is 28.7 Å². The number of aliphatic carboxylic acids is 2. The Kier molecular flexibility index (Phi) is 16.3. The van der Waals surface area contributed by atoms with Crippen molar-refractivity contribution >= 4 is 23.9 Å². The third-order valence-electron chi connectivity index (χ3n) is 5.24. The van der Waals surface area contributed by atoms with Crippen molar-refractivity contribution in [2.24, 2.45) is 5.41 Å². The van der Waals surface area contributed by atoms with Crippen molar-refractivity contribution in [2.75, 3.05) is 13.2 Å². The van der Waals surface area contributed by atoms with Crippen LogP contribution in [0.15, 0.2) is 0 Å². The Labute approximate surface area is 185 Å². The molecule has 8 heteroatoms. The van der Waals surface area contributed by atoms with Crippen molar-refractivity contribution in [3.63, 3.8) is 0 Å². The molecular formula is C23H40O8. The van der Waals surface area contributed by atoms with Gasteiger partial charge in [0.1, 0.15) is 18.6 Å². The van der Waals surface area contributed by atoms with E-state index in [4.69, 9.17) is 14.6 Å². The topological polar surface area (TPSA) is 127 Å². The minimum absolute atomic E-state index is 0.0782. The summed E-state index contributed by atoms with van der Waals surface area (Å²) in [5, 5.41) is 18.6. The van der Waals surface area contributed by atoms with E-state index in [1.807, 2.05) is 13.8 Å². The zero-order chi connectivity index (χ0) is 23.5. The molecule has 0 rings (SSSR count). The van der Waals surface area contributed by atoms with Crippen molar-refractivity contribution < 1.29 is 38.9 Å². The summed E-state index contributed by atoms with van der Waals surface area (Å²) in [6.07, 6.45) is 8.14. The number of carbonyl (C=O) groups is 4. The maximum atomic E-state index is 12.1. The highest BCUT2D eigenvalue weighted by atomic mass is 16.6. The summed E-state index contributed by atoms with van der Waals surface area (Å²) in [5.41, 5.74) is -1.49. The number of carboxylic acids is 2. The van der Waals surface area contributed by atoms with Crippen LogP contribution in [0.2, 0.25) is 0 Å². The Balaban J connectivity index is 4.88. The van der Waals surface area contributed by atoms with E-state index in [1.54, 1.807) is 0 Å². The van der Waals surface area contributed by atoms with Crippen LogP contribution in [0.25, 0.3) is 0 Å². The van der Waals surface area contributed by atoms with E-state index in [9.17, 15) is 24.3 Å². The van der Waals surface area contributed by atoms with Gasteiger partial charge in [0.2, 0.25) is 0 Å². The van der Waals surface area contributed by atoms with Gasteiger partial charge < -0.3 is 19.7 Å². The Bertz CT molecular complexity index is 518. The predicted molar refractivity (Wildman–Crippen MR) is 116 cm³/mol. The molecule has 0 aromatic heterocycles. The van der Waals surface area contributed by atoms with Crippen molar-refractivity contribution in [1.82, 2.24) is 0 Å². The second-order valence-corrected chi connectivity index (χ2v) is 8.13. The monoisotopic (exact) mass is 444 g/mol. The van der Waals surface area contributed by atoms with E-state index in [-0.39, 0.29) is 38.9 Å². The Hall–Kier alpha value is -2.12. The third kappa shape index (κ3) is 14.5. The fourth-order valence-corrected chi connectivity index (χ4v) is 3.13. The van der Waals surface area contributed by atoms with Crippen LogP contribution in [-0.4, -0.2) is 47.3 Å². The lowest BCUT2D eigenvalue weighted by Crippen LogP contribution is -2.41.